The number of hydrogen-bond acceptors (Lipinski definition) is 7. The van der Waals surface area contributed by atoms with Crippen molar-refractivity contribution in [1.82, 2.24) is 19.7 Å². The number of nitrogens with zero attached hydrogens (tertiary/aromatic N) is 5. The van der Waals surface area contributed by atoms with E-state index in [9.17, 15) is 4.79 Å². The van der Waals surface area contributed by atoms with Gasteiger partial charge in [0.1, 0.15) is 0 Å². The lowest BCUT2D eigenvalue weighted by Crippen LogP contribution is -2.46. The molecule has 0 spiro atoms. The molecule has 0 aliphatic carbocycles. The van der Waals surface area contributed by atoms with Crippen molar-refractivity contribution < 1.29 is 14.3 Å². The highest BCUT2D eigenvalue weighted by Crippen LogP contribution is 2.27. The summed E-state index contributed by atoms with van der Waals surface area (Å²) in [5, 5.41) is 9.75. The zero-order valence-corrected chi connectivity index (χ0v) is 20.7. The molecule has 1 atom stereocenters. The molecule has 2 saturated heterocycles. The van der Waals surface area contributed by atoms with E-state index in [2.05, 4.69) is 52.6 Å². The summed E-state index contributed by atoms with van der Waals surface area (Å²) >= 11 is 1.46. The molecule has 2 fully saturated rings. The summed E-state index contributed by atoms with van der Waals surface area (Å²) in [6.07, 6.45) is 2.29. The maximum absolute atomic E-state index is 13.3. The van der Waals surface area contributed by atoms with Gasteiger partial charge in [0, 0.05) is 31.8 Å². The van der Waals surface area contributed by atoms with Crippen molar-refractivity contribution >= 4 is 23.6 Å². The molecule has 1 amide bonds. The van der Waals surface area contributed by atoms with Crippen LogP contribution in [0.1, 0.15) is 39.2 Å². The molecular formula is C24H35N5O3S. The first-order valence-electron chi connectivity index (χ1n) is 11.8. The average Bonchev–Trinajstić information content (AvgIpc) is 3.47. The molecular weight excluding hydrogens is 438 g/mol. The summed E-state index contributed by atoms with van der Waals surface area (Å²) < 4.78 is 13.5. The number of thioether (sulfide) groups is 1. The van der Waals surface area contributed by atoms with Gasteiger partial charge in [-0.3, -0.25) is 9.36 Å². The lowest BCUT2D eigenvalue weighted by Gasteiger charge is -2.36. The monoisotopic (exact) mass is 473 g/mol. The van der Waals surface area contributed by atoms with Crippen molar-refractivity contribution in [3.05, 3.63) is 35.9 Å². The molecule has 0 bridgehead atoms. The number of carbonyl (C=O) groups is 1. The molecule has 2 aromatic rings. The number of benzene rings is 1. The molecule has 1 unspecified atom stereocenters. The quantitative estimate of drug-likeness (QED) is 0.545. The Bertz CT molecular complexity index is 903. The topological polar surface area (TPSA) is 72.7 Å². The summed E-state index contributed by atoms with van der Waals surface area (Å²) in [6, 6.07) is 10.1. The van der Waals surface area contributed by atoms with E-state index in [-0.39, 0.29) is 17.6 Å². The van der Waals surface area contributed by atoms with Crippen LogP contribution >= 0.6 is 11.8 Å². The van der Waals surface area contributed by atoms with Crippen LogP contribution in [0.15, 0.2) is 35.5 Å². The van der Waals surface area contributed by atoms with Crippen LogP contribution in [0, 0.1) is 0 Å². The van der Waals surface area contributed by atoms with Crippen LogP contribution in [0.2, 0.25) is 0 Å². The zero-order valence-electron chi connectivity index (χ0n) is 19.9. The van der Waals surface area contributed by atoms with E-state index < -0.39 is 0 Å². The van der Waals surface area contributed by atoms with Gasteiger partial charge in [-0.1, -0.05) is 42.1 Å². The first-order chi connectivity index (χ1) is 15.9. The van der Waals surface area contributed by atoms with Crippen LogP contribution in [0.25, 0.3) is 0 Å². The molecule has 180 valence electrons. The van der Waals surface area contributed by atoms with E-state index in [0.29, 0.717) is 32.1 Å². The van der Waals surface area contributed by atoms with Gasteiger partial charge in [0.25, 0.3) is 0 Å². The molecule has 1 aromatic heterocycles. The number of anilines is 1. The molecule has 3 heterocycles. The fourth-order valence-electron chi connectivity index (χ4n) is 4.21. The summed E-state index contributed by atoms with van der Waals surface area (Å²) in [5.74, 6) is 1.26. The number of hydrogen-bond donors (Lipinski definition) is 0. The first-order valence-corrected chi connectivity index (χ1v) is 12.7. The van der Waals surface area contributed by atoms with Gasteiger partial charge in [0.05, 0.1) is 31.6 Å². The number of aromatic nitrogens is 3. The number of rotatable bonds is 8. The normalized spacial score (nSPS) is 19.1. The van der Waals surface area contributed by atoms with E-state index >= 15 is 0 Å². The lowest BCUT2D eigenvalue weighted by molar-refractivity contribution is -0.133. The minimum atomic E-state index is -0.280. The van der Waals surface area contributed by atoms with Crippen molar-refractivity contribution in [2.75, 3.05) is 43.6 Å². The Labute approximate surface area is 200 Å². The first kappa shape index (κ1) is 24.0. The third-order valence-corrected chi connectivity index (χ3v) is 6.97. The van der Waals surface area contributed by atoms with Gasteiger partial charge in [-0.05, 0) is 39.2 Å². The van der Waals surface area contributed by atoms with Crippen molar-refractivity contribution in [3.8, 4) is 0 Å². The summed E-state index contributed by atoms with van der Waals surface area (Å²) in [6.45, 7) is 11.3. The maximum atomic E-state index is 13.3. The number of morpholine rings is 1. The van der Waals surface area contributed by atoms with Gasteiger partial charge in [0.15, 0.2) is 5.16 Å². The molecule has 4 rings (SSSR count). The van der Waals surface area contributed by atoms with Gasteiger partial charge in [0.2, 0.25) is 11.9 Å². The Kier molecular flexibility index (Phi) is 7.93. The number of carbonyl (C=O) groups excluding carboxylic acids is 1. The van der Waals surface area contributed by atoms with Crippen molar-refractivity contribution in [1.29, 1.82) is 0 Å². The Morgan fingerprint density at radius 1 is 1.15 bits per heavy atom. The molecule has 1 aromatic carbocycles. The molecule has 0 radical (unpaired) electrons. The Balaban J connectivity index is 1.48. The lowest BCUT2D eigenvalue weighted by atomic mass is 10.0. The second-order valence-electron chi connectivity index (χ2n) is 9.55. The fraction of sp³-hybridized carbons (Fsp3) is 0.625. The van der Waals surface area contributed by atoms with E-state index in [1.165, 1.54) is 11.8 Å². The van der Waals surface area contributed by atoms with Crippen LogP contribution in [-0.2, 0) is 27.4 Å². The van der Waals surface area contributed by atoms with E-state index in [0.717, 1.165) is 49.2 Å². The number of amides is 1. The molecule has 2 aliphatic heterocycles. The van der Waals surface area contributed by atoms with Crippen molar-refractivity contribution in [3.63, 3.8) is 0 Å². The minimum Gasteiger partial charge on any atom is -0.378 e. The smallest absolute Gasteiger partial charge is 0.233 e. The third-order valence-electron chi connectivity index (χ3n) is 6.02. The van der Waals surface area contributed by atoms with Crippen molar-refractivity contribution in [2.24, 2.45) is 0 Å². The van der Waals surface area contributed by atoms with Gasteiger partial charge >= 0.3 is 0 Å². The van der Waals surface area contributed by atoms with Crippen LogP contribution in [0.4, 0.5) is 5.95 Å². The van der Waals surface area contributed by atoms with E-state index in [1.54, 1.807) is 0 Å². The maximum Gasteiger partial charge on any atom is 0.233 e. The SMILES string of the molecule is CC(C)(C)N(Cc1ccccc1)C(=O)CSc1nnc(N2CCOCC2)n1CC1CCCO1. The second kappa shape index (κ2) is 10.9. The third kappa shape index (κ3) is 6.28. The summed E-state index contributed by atoms with van der Waals surface area (Å²) in [4.78, 5) is 17.5. The number of ether oxygens (including phenoxy) is 2. The highest BCUT2D eigenvalue weighted by Gasteiger charge is 2.29. The zero-order chi connectivity index (χ0) is 23.3. The summed E-state index contributed by atoms with van der Waals surface area (Å²) in [7, 11) is 0. The van der Waals surface area contributed by atoms with Gasteiger partial charge < -0.3 is 19.3 Å². The van der Waals surface area contributed by atoms with Gasteiger partial charge in [-0.15, -0.1) is 10.2 Å². The Morgan fingerprint density at radius 3 is 2.58 bits per heavy atom. The van der Waals surface area contributed by atoms with Gasteiger partial charge in [-0.25, -0.2) is 0 Å². The van der Waals surface area contributed by atoms with E-state index in [4.69, 9.17) is 9.47 Å². The molecule has 9 heteroatoms. The highest BCUT2D eigenvalue weighted by atomic mass is 32.2. The Hall–Kier alpha value is -2.10. The van der Waals surface area contributed by atoms with E-state index in [1.807, 2.05) is 23.1 Å². The average molecular weight is 474 g/mol. The van der Waals surface area contributed by atoms with Gasteiger partial charge in [-0.2, -0.15) is 0 Å². The largest absolute Gasteiger partial charge is 0.378 e. The minimum absolute atomic E-state index is 0.0935. The predicted molar refractivity (Wildman–Crippen MR) is 129 cm³/mol. The van der Waals surface area contributed by atoms with Crippen LogP contribution < -0.4 is 4.90 Å². The van der Waals surface area contributed by atoms with Crippen LogP contribution in [-0.4, -0.2) is 75.9 Å². The fourth-order valence-corrected chi connectivity index (χ4v) is 5.03. The summed E-state index contributed by atoms with van der Waals surface area (Å²) in [5.41, 5.74) is 0.847. The standard InChI is InChI=1S/C24H35N5O3S/c1-24(2,3)29(16-19-8-5-4-6-9-19)21(30)18-33-23-26-25-22(27-11-14-31-15-12-27)28(23)17-20-10-7-13-32-20/h4-6,8-9,20H,7,10-18H2,1-3H3. The molecule has 8 nitrogen and oxygen atoms in total. The molecule has 2 aliphatic rings. The predicted octanol–water partition coefficient (Wildman–Crippen LogP) is 3.21. The molecule has 0 N–H and O–H groups in total. The molecule has 0 saturated carbocycles. The van der Waals surface area contributed by atoms with Crippen molar-refractivity contribution in [2.45, 2.75) is 63.5 Å². The Morgan fingerprint density at radius 2 is 1.91 bits per heavy atom. The van der Waals surface area contributed by atoms with Crippen LogP contribution in [0.5, 0.6) is 0 Å². The second-order valence-corrected chi connectivity index (χ2v) is 10.5. The molecule has 33 heavy (non-hydrogen) atoms. The highest BCUT2D eigenvalue weighted by molar-refractivity contribution is 7.99. The van der Waals surface area contributed by atoms with Crippen LogP contribution in [0.3, 0.4) is 0 Å².